The molecule has 1 fully saturated rings. The van der Waals surface area contributed by atoms with E-state index in [9.17, 15) is 5.11 Å². The van der Waals surface area contributed by atoms with Crippen molar-refractivity contribution in [3.8, 4) is 0 Å². The van der Waals surface area contributed by atoms with Crippen LogP contribution in [0.25, 0.3) is 0 Å². The number of aliphatic hydroxyl groups excluding tert-OH is 1. The van der Waals surface area contributed by atoms with Crippen molar-refractivity contribution in [1.29, 1.82) is 0 Å². The minimum absolute atomic E-state index is 0.225. The average molecular weight is 171 g/mol. The van der Waals surface area contributed by atoms with Crippen LogP contribution in [0, 0.1) is 0 Å². The summed E-state index contributed by atoms with van der Waals surface area (Å²) in [5.41, 5.74) is 5.71. The van der Waals surface area contributed by atoms with Gasteiger partial charge in [0.05, 0.1) is 6.10 Å². The molecule has 0 aromatic carbocycles. The molecule has 1 aliphatic heterocycles. The number of guanidine groups is 1. The van der Waals surface area contributed by atoms with Crippen molar-refractivity contribution < 1.29 is 5.11 Å². The third-order valence-electron chi connectivity index (χ3n) is 1.88. The molecule has 0 spiro atoms. The van der Waals surface area contributed by atoms with E-state index in [1.165, 1.54) is 0 Å². The van der Waals surface area contributed by atoms with E-state index in [0.717, 1.165) is 13.0 Å². The zero-order chi connectivity index (χ0) is 9.14. The second kappa shape index (κ2) is 3.76. The molecule has 0 aliphatic carbocycles. The average Bonchev–Trinajstić information content (AvgIpc) is 2.34. The molecule has 0 bridgehead atoms. The molecule has 0 aromatic heterocycles. The van der Waals surface area contributed by atoms with Gasteiger partial charge in [-0.2, -0.15) is 0 Å². The Morgan fingerprint density at radius 1 is 1.67 bits per heavy atom. The standard InChI is InChI=1S/C8H17N3O/c1-6(2)10-8(9)11-4-3-7(12)5-11/h6-7,12H,3-5H2,1-2H3,(H2,9,10)/t7-/m1/s1. The van der Waals surface area contributed by atoms with Crippen molar-refractivity contribution in [1.82, 2.24) is 4.90 Å². The number of β-amino-alcohol motifs (C(OH)–C–C–N with tert-alkyl or cyclic N) is 1. The van der Waals surface area contributed by atoms with Gasteiger partial charge in [0.15, 0.2) is 5.96 Å². The van der Waals surface area contributed by atoms with Crippen LogP contribution in [0.2, 0.25) is 0 Å². The van der Waals surface area contributed by atoms with Crippen molar-refractivity contribution in [2.24, 2.45) is 10.7 Å². The minimum atomic E-state index is -0.231. The Balaban J connectivity index is 2.48. The molecule has 0 unspecified atom stereocenters. The van der Waals surface area contributed by atoms with Gasteiger partial charge in [0.2, 0.25) is 0 Å². The number of nitrogens with zero attached hydrogens (tertiary/aromatic N) is 2. The highest BCUT2D eigenvalue weighted by Crippen LogP contribution is 2.08. The van der Waals surface area contributed by atoms with E-state index < -0.39 is 0 Å². The van der Waals surface area contributed by atoms with Crippen LogP contribution in [0.1, 0.15) is 20.3 Å². The van der Waals surface area contributed by atoms with E-state index in [2.05, 4.69) is 4.99 Å². The molecule has 0 aromatic rings. The fraction of sp³-hybridized carbons (Fsp3) is 0.875. The maximum atomic E-state index is 9.23. The SMILES string of the molecule is CC(C)N=C(N)N1CC[C@@H](O)C1. The number of likely N-dealkylation sites (tertiary alicyclic amines) is 1. The van der Waals surface area contributed by atoms with Crippen molar-refractivity contribution in [3.05, 3.63) is 0 Å². The van der Waals surface area contributed by atoms with E-state index in [4.69, 9.17) is 5.73 Å². The highest BCUT2D eigenvalue weighted by atomic mass is 16.3. The monoisotopic (exact) mass is 171 g/mol. The quantitative estimate of drug-likeness (QED) is 0.423. The molecule has 3 N–H and O–H groups in total. The third kappa shape index (κ3) is 2.37. The lowest BCUT2D eigenvalue weighted by molar-refractivity contribution is 0.188. The highest BCUT2D eigenvalue weighted by Gasteiger charge is 2.21. The summed E-state index contributed by atoms with van der Waals surface area (Å²) in [6.45, 7) is 5.42. The minimum Gasteiger partial charge on any atom is -0.391 e. The second-order valence-corrected chi connectivity index (χ2v) is 3.47. The van der Waals surface area contributed by atoms with Gasteiger partial charge in [0.25, 0.3) is 0 Å². The van der Waals surface area contributed by atoms with E-state index in [1.807, 2.05) is 18.7 Å². The predicted octanol–water partition coefficient (Wildman–Crippen LogP) is -0.224. The molecule has 0 radical (unpaired) electrons. The van der Waals surface area contributed by atoms with Gasteiger partial charge in [0.1, 0.15) is 0 Å². The fourth-order valence-electron chi connectivity index (χ4n) is 1.30. The molecule has 1 atom stereocenters. The van der Waals surface area contributed by atoms with Gasteiger partial charge >= 0.3 is 0 Å². The number of aliphatic hydroxyl groups is 1. The first-order valence-electron chi connectivity index (χ1n) is 4.36. The molecular weight excluding hydrogens is 154 g/mol. The second-order valence-electron chi connectivity index (χ2n) is 3.47. The summed E-state index contributed by atoms with van der Waals surface area (Å²) in [7, 11) is 0. The summed E-state index contributed by atoms with van der Waals surface area (Å²) < 4.78 is 0. The summed E-state index contributed by atoms with van der Waals surface area (Å²) >= 11 is 0. The Morgan fingerprint density at radius 2 is 2.33 bits per heavy atom. The zero-order valence-corrected chi connectivity index (χ0v) is 7.70. The van der Waals surface area contributed by atoms with Crippen LogP contribution in [0.4, 0.5) is 0 Å². The molecule has 4 heteroatoms. The Bertz CT molecular complexity index is 179. The van der Waals surface area contributed by atoms with Crippen molar-refractivity contribution in [3.63, 3.8) is 0 Å². The van der Waals surface area contributed by atoms with Crippen LogP contribution >= 0.6 is 0 Å². The van der Waals surface area contributed by atoms with Crippen molar-refractivity contribution >= 4 is 5.96 Å². The molecule has 1 rings (SSSR count). The van der Waals surface area contributed by atoms with Gasteiger partial charge in [0, 0.05) is 19.1 Å². The van der Waals surface area contributed by atoms with Crippen LogP contribution in [0.3, 0.4) is 0 Å². The molecule has 4 nitrogen and oxygen atoms in total. The maximum Gasteiger partial charge on any atom is 0.191 e. The lowest BCUT2D eigenvalue weighted by Crippen LogP contribution is -2.36. The van der Waals surface area contributed by atoms with Crippen LogP contribution in [0.15, 0.2) is 4.99 Å². The van der Waals surface area contributed by atoms with Crippen molar-refractivity contribution in [2.45, 2.75) is 32.4 Å². The largest absolute Gasteiger partial charge is 0.391 e. The number of aliphatic imine (C=N–C) groups is 1. The van der Waals surface area contributed by atoms with Crippen molar-refractivity contribution in [2.75, 3.05) is 13.1 Å². The first kappa shape index (κ1) is 9.32. The molecule has 1 saturated heterocycles. The summed E-state index contributed by atoms with van der Waals surface area (Å²) in [6, 6.07) is 0.225. The fourth-order valence-corrected chi connectivity index (χ4v) is 1.30. The summed E-state index contributed by atoms with van der Waals surface area (Å²) in [5, 5.41) is 9.23. The summed E-state index contributed by atoms with van der Waals surface area (Å²) in [5.74, 6) is 0.557. The topological polar surface area (TPSA) is 61.8 Å². The molecule has 0 saturated carbocycles. The van der Waals surface area contributed by atoms with Crippen LogP contribution < -0.4 is 5.73 Å². The van der Waals surface area contributed by atoms with Crippen LogP contribution in [-0.4, -0.2) is 41.2 Å². The third-order valence-corrected chi connectivity index (χ3v) is 1.88. The van der Waals surface area contributed by atoms with E-state index in [-0.39, 0.29) is 12.1 Å². The Hall–Kier alpha value is -0.770. The van der Waals surface area contributed by atoms with Crippen LogP contribution in [0.5, 0.6) is 0 Å². The molecule has 1 aliphatic rings. The lowest BCUT2D eigenvalue weighted by atomic mass is 10.3. The first-order valence-corrected chi connectivity index (χ1v) is 4.36. The Kier molecular flexibility index (Phi) is 2.92. The maximum absolute atomic E-state index is 9.23. The van der Waals surface area contributed by atoms with E-state index in [1.54, 1.807) is 0 Å². The summed E-state index contributed by atoms with van der Waals surface area (Å²) in [4.78, 5) is 6.12. The number of hydrogen-bond acceptors (Lipinski definition) is 2. The first-order chi connectivity index (χ1) is 5.59. The lowest BCUT2D eigenvalue weighted by Gasteiger charge is -2.16. The van der Waals surface area contributed by atoms with Gasteiger partial charge in [-0.15, -0.1) is 0 Å². The van der Waals surface area contributed by atoms with Gasteiger partial charge < -0.3 is 15.7 Å². The molecule has 70 valence electrons. The van der Waals surface area contributed by atoms with E-state index in [0.29, 0.717) is 12.5 Å². The molecule has 12 heavy (non-hydrogen) atoms. The highest BCUT2D eigenvalue weighted by molar-refractivity contribution is 5.78. The normalized spacial score (nSPS) is 25.5. The number of rotatable bonds is 1. The van der Waals surface area contributed by atoms with Gasteiger partial charge in [-0.25, -0.2) is 0 Å². The Labute approximate surface area is 73.1 Å². The predicted molar refractivity (Wildman–Crippen MR) is 49.0 cm³/mol. The molecule has 0 amide bonds. The Morgan fingerprint density at radius 3 is 2.75 bits per heavy atom. The summed E-state index contributed by atoms with van der Waals surface area (Å²) in [6.07, 6.45) is 0.569. The van der Waals surface area contributed by atoms with Gasteiger partial charge in [-0.3, -0.25) is 4.99 Å². The smallest absolute Gasteiger partial charge is 0.191 e. The van der Waals surface area contributed by atoms with Gasteiger partial charge in [-0.05, 0) is 20.3 Å². The van der Waals surface area contributed by atoms with Crippen LogP contribution in [-0.2, 0) is 0 Å². The number of nitrogens with two attached hydrogens (primary N) is 1. The molecular formula is C8H17N3O. The molecule has 1 heterocycles. The van der Waals surface area contributed by atoms with Gasteiger partial charge in [-0.1, -0.05) is 0 Å². The number of hydrogen-bond donors (Lipinski definition) is 2. The zero-order valence-electron chi connectivity index (χ0n) is 7.70. The van der Waals surface area contributed by atoms with E-state index >= 15 is 0 Å².